The first kappa shape index (κ1) is 71.7. The lowest BCUT2D eigenvalue weighted by molar-refractivity contribution is -0.359. The second-order valence-electron chi connectivity index (χ2n) is 20.0. The van der Waals surface area contributed by atoms with Gasteiger partial charge in [-0.15, -0.1) is 0 Å². The van der Waals surface area contributed by atoms with Crippen molar-refractivity contribution in [2.75, 3.05) is 19.8 Å². The minimum absolute atomic E-state index is 0.228. The zero-order valence-corrected chi connectivity index (χ0v) is 48.2. The van der Waals surface area contributed by atoms with Gasteiger partial charge in [-0.25, -0.2) is 0 Å². The van der Waals surface area contributed by atoms with Crippen LogP contribution in [-0.4, -0.2) is 140 Å². The molecule has 9 N–H and O–H groups in total. The highest BCUT2D eigenvalue weighted by atomic mass is 16.7. The number of unbranched alkanes of at least 4 members (excludes halogenated alkanes) is 7. The maximum atomic E-state index is 13.2. The van der Waals surface area contributed by atoms with Crippen LogP contribution in [-0.2, 0) is 23.7 Å². The molecule has 14 nitrogen and oxygen atoms in total. The summed E-state index contributed by atoms with van der Waals surface area (Å²) in [5, 5.41) is 86.8. The number of aliphatic hydroxyl groups is 8. The Hall–Kier alpha value is -4.39. The van der Waals surface area contributed by atoms with Gasteiger partial charge in [-0.05, 0) is 116 Å². The van der Waals surface area contributed by atoms with Crippen LogP contribution in [0, 0.1) is 0 Å². The highest BCUT2D eigenvalue weighted by molar-refractivity contribution is 5.76. The summed E-state index contributed by atoms with van der Waals surface area (Å²) in [4.78, 5) is 13.2. The number of carbonyl (C=O) groups excluding carboxylic acids is 1. The summed E-state index contributed by atoms with van der Waals surface area (Å²) in [7, 11) is 0. The third-order valence-electron chi connectivity index (χ3n) is 13.2. The topological polar surface area (TPSA) is 228 Å². The predicted molar refractivity (Wildman–Crippen MR) is 322 cm³/mol. The Morgan fingerprint density at radius 2 is 0.875 bits per heavy atom. The number of hydrogen-bond acceptors (Lipinski definition) is 13. The largest absolute Gasteiger partial charge is 0.394 e. The normalized spacial score (nSPS) is 25.4. The monoisotopic (exact) mass is 1120 g/mol. The lowest BCUT2D eigenvalue weighted by atomic mass is 9.97. The molecule has 14 heteroatoms. The molecule has 2 aliphatic heterocycles. The second-order valence-corrected chi connectivity index (χ2v) is 20.0. The Balaban J connectivity index is 1.70. The molecule has 1 amide bonds. The van der Waals surface area contributed by atoms with Crippen molar-refractivity contribution in [2.45, 2.75) is 229 Å². The highest BCUT2D eigenvalue weighted by Gasteiger charge is 2.51. The Morgan fingerprint density at radius 3 is 1.35 bits per heavy atom. The minimum Gasteiger partial charge on any atom is -0.394 e. The van der Waals surface area contributed by atoms with Gasteiger partial charge in [-0.3, -0.25) is 4.79 Å². The molecule has 0 spiro atoms. The van der Waals surface area contributed by atoms with Crippen molar-refractivity contribution >= 4 is 5.91 Å². The molecule has 0 aromatic carbocycles. The first-order chi connectivity index (χ1) is 39.1. The van der Waals surface area contributed by atoms with E-state index >= 15 is 0 Å². The summed E-state index contributed by atoms with van der Waals surface area (Å²) in [6.07, 6.45) is 58.7. The average Bonchev–Trinajstić information content (AvgIpc) is 3.46. The lowest BCUT2D eigenvalue weighted by Gasteiger charge is -2.46. The molecule has 0 saturated carbocycles. The molecule has 0 bridgehead atoms. The van der Waals surface area contributed by atoms with E-state index in [9.17, 15) is 45.6 Å². The number of hydrogen-bond donors (Lipinski definition) is 9. The molecule has 2 fully saturated rings. The maximum Gasteiger partial charge on any atom is 0.220 e. The number of nitrogens with one attached hydrogen (secondary N) is 1. The Kier molecular flexibility index (Phi) is 44.1. The molecule has 2 aliphatic rings. The molecule has 0 aromatic heterocycles. The van der Waals surface area contributed by atoms with Crippen molar-refractivity contribution in [3.05, 3.63) is 158 Å². The van der Waals surface area contributed by atoms with E-state index in [1.54, 1.807) is 6.08 Å². The fourth-order valence-corrected chi connectivity index (χ4v) is 8.41. The van der Waals surface area contributed by atoms with E-state index in [0.717, 1.165) is 122 Å². The van der Waals surface area contributed by atoms with Crippen molar-refractivity contribution in [3.63, 3.8) is 0 Å². The zero-order valence-electron chi connectivity index (χ0n) is 48.2. The van der Waals surface area contributed by atoms with E-state index in [-0.39, 0.29) is 18.9 Å². The Bertz CT molecular complexity index is 1940. The number of aliphatic hydroxyl groups excluding tert-OH is 8. The van der Waals surface area contributed by atoms with Crippen LogP contribution < -0.4 is 5.32 Å². The molecule has 12 atom stereocenters. The molecule has 0 radical (unpaired) electrons. The first-order valence-corrected chi connectivity index (χ1v) is 29.7. The SMILES string of the molecule is CC/C=C\C/C=C\C/C=C\C/C=C\C/C=C\C/C=C\C/C=C\C/C=C\C/C=C\C/C=C\CCCCCCC(=O)NC(COC1OC(CO)C(OC2OC(CO)C(O)C(O)C2O)C(O)C1O)C(O)/C=C/CC/C=C/CC/C=C/CCC. The smallest absolute Gasteiger partial charge is 0.220 e. The molecule has 12 unspecified atom stereocenters. The van der Waals surface area contributed by atoms with Gasteiger partial charge in [0.25, 0.3) is 0 Å². The van der Waals surface area contributed by atoms with Gasteiger partial charge in [0.15, 0.2) is 12.6 Å². The van der Waals surface area contributed by atoms with Gasteiger partial charge >= 0.3 is 0 Å². The lowest BCUT2D eigenvalue weighted by Crippen LogP contribution is -2.65. The van der Waals surface area contributed by atoms with E-state index in [1.165, 1.54) is 0 Å². The summed E-state index contributed by atoms with van der Waals surface area (Å²) in [5.41, 5.74) is 0. The fourth-order valence-electron chi connectivity index (χ4n) is 8.41. The summed E-state index contributed by atoms with van der Waals surface area (Å²) in [6, 6.07) is -0.963. The second kappa shape index (κ2) is 49.2. The van der Waals surface area contributed by atoms with E-state index in [4.69, 9.17) is 18.9 Å². The summed E-state index contributed by atoms with van der Waals surface area (Å²) in [5.74, 6) is -0.289. The van der Waals surface area contributed by atoms with E-state index in [2.05, 4.69) is 165 Å². The average molecular weight is 1120 g/mol. The van der Waals surface area contributed by atoms with Gasteiger partial charge in [-0.2, -0.15) is 0 Å². The standard InChI is InChI=1S/C66H103NO13/c1-3-5-7-9-11-13-15-16-17-18-19-20-21-22-23-24-25-26-27-28-29-30-31-32-33-34-35-36-37-38-40-42-44-46-48-50-58(71)67-54(55(70)49-47-45-43-41-39-14-12-10-8-6-4-2)53-77-65-63(76)61(74)64(57(52-69)79-65)80-66-62(75)60(73)59(72)56(51-68)78-66/h5,7-8,10-11,13,16-17,19-20,22-23,25-26,28-29,31-32,34-35,37-39,41,47,49,54-57,59-66,68-70,72-76H,3-4,6,9,12,14-15,18,21,24,27,30,33,36,40,42-46,48,50-53H2,1-2H3,(H,67,71)/b7-5-,10-8+,13-11-,17-16-,20-19-,23-22-,26-25-,29-28-,32-31-,35-34-,38-37-,41-39+,49-47+. The van der Waals surface area contributed by atoms with Crippen molar-refractivity contribution in [1.82, 2.24) is 5.32 Å². The van der Waals surface area contributed by atoms with Crippen LogP contribution in [0.2, 0.25) is 0 Å². The van der Waals surface area contributed by atoms with Gasteiger partial charge < -0.3 is 65.1 Å². The molecular weight excluding hydrogens is 1010 g/mol. The van der Waals surface area contributed by atoms with E-state index in [1.807, 2.05) is 6.08 Å². The van der Waals surface area contributed by atoms with Crippen molar-refractivity contribution in [2.24, 2.45) is 0 Å². The van der Waals surface area contributed by atoms with Gasteiger partial charge in [-0.1, -0.05) is 191 Å². The highest BCUT2D eigenvalue weighted by Crippen LogP contribution is 2.30. The molecule has 80 heavy (non-hydrogen) atoms. The van der Waals surface area contributed by atoms with Crippen LogP contribution in [0.3, 0.4) is 0 Å². The van der Waals surface area contributed by atoms with Crippen LogP contribution >= 0.6 is 0 Å². The number of ether oxygens (including phenoxy) is 4. The number of rotatable bonds is 44. The number of carbonyl (C=O) groups is 1. The van der Waals surface area contributed by atoms with Gasteiger partial charge in [0.05, 0.1) is 32.0 Å². The van der Waals surface area contributed by atoms with Crippen molar-refractivity contribution in [1.29, 1.82) is 0 Å². The number of amides is 1. The predicted octanol–water partition coefficient (Wildman–Crippen LogP) is 10.3. The third kappa shape index (κ3) is 34.1. The van der Waals surface area contributed by atoms with Gasteiger partial charge in [0.1, 0.15) is 48.8 Å². The van der Waals surface area contributed by atoms with Gasteiger partial charge in [0.2, 0.25) is 5.91 Å². The Morgan fingerprint density at radius 1 is 0.463 bits per heavy atom. The molecule has 0 aromatic rings. The van der Waals surface area contributed by atoms with Gasteiger partial charge in [0, 0.05) is 6.42 Å². The molecule has 2 rings (SSSR count). The third-order valence-corrected chi connectivity index (χ3v) is 13.2. The zero-order chi connectivity index (χ0) is 58.1. The van der Waals surface area contributed by atoms with Crippen LogP contribution in [0.25, 0.3) is 0 Å². The van der Waals surface area contributed by atoms with E-state index < -0.39 is 86.8 Å². The van der Waals surface area contributed by atoms with Crippen LogP contribution in [0.4, 0.5) is 0 Å². The molecule has 2 heterocycles. The van der Waals surface area contributed by atoms with Crippen LogP contribution in [0.5, 0.6) is 0 Å². The summed E-state index contributed by atoms with van der Waals surface area (Å²) in [6.45, 7) is 2.51. The summed E-state index contributed by atoms with van der Waals surface area (Å²) >= 11 is 0. The molecule has 2 saturated heterocycles. The molecular formula is C66H103NO13. The maximum absolute atomic E-state index is 13.2. The van der Waals surface area contributed by atoms with Crippen LogP contribution in [0.15, 0.2) is 158 Å². The Labute approximate surface area is 480 Å². The van der Waals surface area contributed by atoms with Crippen LogP contribution in [0.1, 0.15) is 155 Å². The molecule has 450 valence electrons. The summed E-state index contributed by atoms with van der Waals surface area (Å²) < 4.78 is 22.7. The quantitative estimate of drug-likeness (QED) is 0.0205. The minimum atomic E-state index is -1.80. The molecule has 0 aliphatic carbocycles. The number of allylic oxidation sites excluding steroid dienone is 25. The van der Waals surface area contributed by atoms with Crippen molar-refractivity contribution < 1.29 is 64.6 Å². The first-order valence-electron chi connectivity index (χ1n) is 29.7. The van der Waals surface area contributed by atoms with Crippen molar-refractivity contribution in [3.8, 4) is 0 Å². The fraction of sp³-hybridized carbons (Fsp3) is 0.591. The van der Waals surface area contributed by atoms with E-state index in [0.29, 0.717) is 12.8 Å².